The molecule has 6 heteroatoms. The molecule has 0 bridgehead atoms. The molecule has 0 atom stereocenters. The maximum atomic E-state index is 11.4. The number of fused-ring (bicyclic) bond motifs is 1. The summed E-state index contributed by atoms with van der Waals surface area (Å²) in [5.41, 5.74) is 1.96. The van der Waals surface area contributed by atoms with Crippen LogP contribution in [0.2, 0.25) is 0 Å². The van der Waals surface area contributed by atoms with Crippen molar-refractivity contribution in [1.82, 2.24) is 14.9 Å². The summed E-state index contributed by atoms with van der Waals surface area (Å²) < 4.78 is 22.8. The standard InChI is InChI=1S/C11H17N3O2S/c1-3-14-6-4-9-8-12-11(17(2,15)16)13-10(9)5-7-14/h8H,3-7H2,1-2H3. The molecule has 94 valence electrons. The van der Waals surface area contributed by atoms with Crippen LogP contribution < -0.4 is 0 Å². The zero-order valence-electron chi connectivity index (χ0n) is 10.2. The van der Waals surface area contributed by atoms with E-state index >= 15 is 0 Å². The molecule has 0 radical (unpaired) electrons. The van der Waals surface area contributed by atoms with Gasteiger partial charge in [-0.2, -0.15) is 0 Å². The topological polar surface area (TPSA) is 63.2 Å². The summed E-state index contributed by atoms with van der Waals surface area (Å²) in [4.78, 5) is 10.5. The van der Waals surface area contributed by atoms with Gasteiger partial charge < -0.3 is 4.90 Å². The molecule has 2 heterocycles. The van der Waals surface area contributed by atoms with Crippen LogP contribution in [0.15, 0.2) is 11.4 Å². The van der Waals surface area contributed by atoms with E-state index in [2.05, 4.69) is 21.8 Å². The fourth-order valence-corrected chi connectivity index (χ4v) is 2.52. The van der Waals surface area contributed by atoms with Gasteiger partial charge in [-0.25, -0.2) is 18.4 Å². The van der Waals surface area contributed by atoms with E-state index in [1.165, 1.54) is 0 Å². The molecule has 0 spiro atoms. The van der Waals surface area contributed by atoms with E-state index in [-0.39, 0.29) is 5.16 Å². The molecular formula is C11H17N3O2S. The largest absolute Gasteiger partial charge is 0.303 e. The second kappa shape index (κ2) is 4.70. The molecule has 1 aromatic heterocycles. The third-order valence-electron chi connectivity index (χ3n) is 3.07. The van der Waals surface area contributed by atoms with Gasteiger partial charge in [0.15, 0.2) is 0 Å². The number of sulfone groups is 1. The van der Waals surface area contributed by atoms with Gasteiger partial charge in [0.25, 0.3) is 0 Å². The van der Waals surface area contributed by atoms with Crippen LogP contribution in [0.1, 0.15) is 18.2 Å². The third kappa shape index (κ3) is 2.81. The third-order valence-corrected chi connectivity index (χ3v) is 3.93. The van der Waals surface area contributed by atoms with Crippen LogP contribution in [0.25, 0.3) is 0 Å². The van der Waals surface area contributed by atoms with E-state index in [0.717, 1.165) is 50.0 Å². The van der Waals surface area contributed by atoms with Crippen LogP contribution in [-0.4, -0.2) is 49.2 Å². The molecule has 0 unspecified atom stereocenters. The van der Waals surface area contributed by atoms with E-state index in [9.17, 15) is 8.42 Å². The number of likely N-dealkylation sites (N-methyl/N-ethyl adjacent to an activating group) is 1. The van der Waals surface area contributed by atoms with Gasteiger partial charge in [0.05, 0.1) is 0 Å². The van der Waals surface area contributed by atoms with E-state index < -0.39 is 9.84 Å². The summed E-state index contributed by atoms with van der Waals surface area (Å²) in [6.07, 6.45) is 4.50. The van der Waals surface area contributed by atoms with E-state index in [0.29, 0.717) is 0 Å². The van der Waals surface area contributed by atoms with Gasteiger partial charge in [-0.05, 0) is 18.5 Å². The Morgan fingerprint density at radius 2 is 2.06 bits per heavy atom. The molecule has 0 aliphatic carbocycles. The van der Waals surface area contributed by atoms with Gasteiger partial charge in [-0.3, -0.25) is 0 Å². The summed E-state index contributed by atoms with van der Waals surface area (Å²) in [6, 6.07) is 0. The highest BCUT2D eigenvalue weighted by Crippen LogP contribution is 2.14. The molecule has 5 nitrogen and oxygen atoms in total. The lowest BCUT2D eigenvalue weighted by Gasteiger charge is -2.15. The molecular weight excluding hydrogens is 238 g/mol. The maximum absolute atomic E-state index is 11.4. The molecule has 17 heavy (non-hydrogen) atoms. The predicted molar refractivity (Wildman–Crippen MR) is 64.7 cm³/mol. The molecule has 0 aromatic carbocycles. The van der Waals surface area contributed by atoms with E-state index in [1.807, 2.05) is 0 Å². The molecule has 1 aliphatic rings. The zero-order chi connectivity index (χ0) is 12.5. The van der Waals surface area contributed by atoms with Crippen molar-refractivity contribution >= 4 is 9.84 Å². The van der Waals surface area contributed by atoms with Crippen molar-refractivity contribution in [3.63, 3.8) is 0 Å². The highest BCUT2D eigenvalue weighted by atomic mass is 32.2. The SMILES string of the molecule is CCN1CCc2cnc(S(C)(=O)=O)nc2CC1. The van der Waals surface area contributed by atoms with Crippen LogP contribution in [-0.2, 0) is 22.7 Å². The first-order chi connectivity index (χ1) is 8.00. The average molecular weight is 255 g/mol. The van der Waals surface area contributed by atoms with Crippen LogP contribution in [0.5, 0.6) is 0 Å². The van der Waals surface area contributed by atoms with Gasteiger partial charge in [0.1, 0.15) is 0 Å². The van der Waals surface area contributed by atoms with Crippen molar-refractivity contribution in [2.75, 3.05) is 25.9 Å². The number of nitrogens with zero attached hydrogens (tertiary/aromatic N) is 3. The lowest BCUT2D eigenvalue weighted by atomic mass is 10.1. The number of aromatic nitrogens is 2. The van der Waals surface area contributed by atoms with Crippen LogP contribution >= 0.6 is 0 Å². The van der Waals surface area contributed by atoms with Crippen LogP contribution in [0, 0.1) is 0 Å². The van der Waals surface area contributed by atoms with E-state index in [4.69, 9.17) is 0 Å². The quantitative estimate of drug-likeness (QED) is 0.711. The second-order valence-corrected chi connectivity index (χ2v) is 6.24. The molecule has 0 N–H and O–H groups in total. The second-order valence-electron chi connectivity index (χ2n) is 4.33. The lowest BCUT2D eigenvalue weighted by molar-refractivity contribution is 0.303. The Hall–Kier alpha value is -1.01. The fourth-order valence-electron chi connectivity index (χ4n) is 2.00. The van der Waals surface area contributed by atoms with Gasteiger partial charge in [0, 0.05) is 37.7 Å². The van der Waals surface area contributed by atoms with Crippen molar-refractivity contribution in [2.45, 2.75) is 24.9 Å². The average Bonchev–Trinajstić information content (AvgIpc) is 2.48. The summed E-state index contributed by atoms with van der Waals surface area (Å²) in [6.45, 7) is 5.07. The van der Waals surface area contributed by atoms with Crippen LogP contribution in [0.4, 0.5) is 0 Å². The number of rotatable bonds is 2. The van der Waals surface area contributed by atoms with E-state index in [1.54, 1.807) is 6.20 Å². The number of hydrogen-bond acceptors (Lipinski definition) is 5. The molecule has 0 saturated carbocycles. The monoisotopic (exact) mass is 255 g/mol. The van der Waals surface area contributed by atoms with Crippen molar-refractivity contribution in [1.29, 1.82) is 0 Å². The Bertz CT molecular complexity index is 513. The summed E-state index contributed by atoms with van der Waals surface area (Å²) in [5, 5.41) is -0.0544. The molecule has 0 amide bonds. The first-order valence-electron chi connectivity index (χ1n) is 5.78. The molecule has 2 rings (SSSR count). The van der Waals surface area contributed by atoms with Gasteiger partial charge in [-0.15, -0.1) is 0 Å². The normalized spacial score (nSPS) is 17.5. The lowest BCUT2D eigenvalue weighted by Crippen LogP contribution is -2.25. The minimum atomic E-state index is -3.30. The molecule has 0 saturated heterocycles. The first kappa shape index (κ1) is 12.4. The Morgan fingerprint density at radius 3 is 2.71 bits per heavy atom. The molecule has 1 aliphatic heterocycles. The first-order valence-corrected chi connectivity index (χ1v) is 7.67. The summed E-state index contributed by atoms with van der Waals surface area (Å²) >= 11 is 0. The predicted octanol–water partition coefficient (Wildman–Crippen LogP) is 0.301. The van der Waals surface area contributed by atoms with Gasteiger partial charge in [-0.1, -0.05) is 6.92 Å². The fraction of sp³-hybridized carbons (Fsp3) is 0.636. The smallest absolute Gasteiger partial charge is 0.246 e. The Balaban J connectivity index is 2.32. The maximum Gasteiger partial charge on any atom is 0.246 e. The Labute approximate surface area is 102 Å². The Morgan fingerprint density at radius 1 is 1.35 bits per heavy atom. The van der Waals surface area contributed by atoms with Crippen molar-refractivity contribution < 1.29 is 8.42 Å². The number of hydrogen-bond donors (Lipinski definition) is 0. The molecule has 1 aromatic rings. The van der Waals surface area contributed by atoms with Crippen molar-refractivity contribution in [3.05, 3.63) is 17.5 Å². The Kier molecular flexibility index (Phi) is 3.44. The summed E-state index contributed by atoms with van der Waals surface area (Å²) in [5.74, 6) is 0. The van der Waals surface area contributed by atoms with Gasteiger partial charge >= 0.3 is 0 Å². The zero-order valence-corrected chi connectivity index (χ0v) is 11.0. The minimum Gasteiger partial charge on any atom is -0.303 e. The highest BCUT2D eigenvalue weighted by molar-refractivity contribution is 7.90. The van der Waals surface area contributed by atoms with Crippen molar-refractivity contribution in [2.24, 2.45) is 0 Å². The van der Waals surface area contributed by atoms with Gasteiger partial charge in [0.2, 0.25) is 15.0 Å². The highest BCUT2D eigenvalue weighted by Gasteiger charge is 2.18. The van der Waals surface area contributed by atoms with Crippen molar-refractivity contribution in [3.8, 4) is 0 Å². The molecule has 0 fully saturated rings. The van der Waals surface area contributed by atoms with Crippen LogP contribution in [0.3, 0.4) is 0 Å². The minimum absolute atomic E-state index is 0.0544. The summed E-state index contributed by atoms with van der Waals surface area (Å²) in [7, 11) is -3.30.